The molecule has 2 amide bonds. The Hall–Kier alpha value is -2.16. The second-order valence-electron chi connectivity index (χ2n) is 8.13. The lowest BCUT2D eigenvalue weighted by molar-refractivity contribution is -0.125. The average molecular weight is 397 g/mol. The number of sulfone groups is 1. The number of primary amides is 1. The number of carbonyl (C=O) groups excluding carboxylic acids is 2. The number of piperidine rings is 1. The molecule has 1 fully saturated rings. The monoisotopic (exact) mass is 396 g/mol. The van der Waals surface area contributed by atoms with Crippen molar-refractivity contribution in [1.29, 1.82) is 0 Å². The van der Waals surface area contributed by atoms with Gasteiger partial charge in [-0.1, -0.05) is 0 Å². The largest absolute Gasteiger partial charge is 0.368 e. The molecule has 0 radical (unpaired) electrons. The molecule has 0 saturated carbocycles. The molecule has 150 valence electrons. The van der Waals surface area contributed by atoms with Gasteiger partial charge in [0.1, 0.15) is 11.9 Å². The third-order valence-electron chi connectivity index (χ3n) is 4.47. The van der Waals surface area contributed by atoms with Gasteiger partial charge >= 0.3 is 0 Å². The van der Waals surface area contributed by atoms with E-state index in [4.69, 9.17) is 5.73 Å². The molecule has 8 nitrogen and oxygen atoms in total. The highest BCUT2D eigenvalue weighted by atomic mass is 32.2. The molecule has 3 N–H and O–H groups in total. The first kappa shape index (κ1) is 21.1. The summed E-state index contributed by atoms with van der Waals surface area (Å²) in [6, 6.07) is 2.47. The van der Waals surface area contributed by atoms with Gasteiger partial charge in [-0.15, -0.1) is 0 Å². The molecule has 0 spiro atoms. The molecule has 1 aliphatic heterocycles. The normalized spacial score (nSPS) is 21.0. The van der Waals surface area contributed by atoms with Gasteiger partial charge in [0.25, 0.3) is 0 Å². The van der Waals surface area contributed by atoms with Crippen molar-refractivity contribution in [3.63, 3.8) is 0 Å². The van der Waals surface area contributed by atoms with Gasteiger partial charge in [-0.3, -0.25) is 9.59 Å². The summed E-state index contributed by atoms with van der Waals surface area (Å²) in [4.78, 5) is 30.3. The minimum absolute atomic E-state index is 0.0419. The van der Waals surface area contributed by atoms with Gasteiger partial charge in [-0.05, 0) is 51.7 Å². The summed E-state index contributed by atoms with van der Waals surface area (Å²) in [6.07, 6.45) is 3.92. The van der Waals surface area contributed by atoms with E-state index in [2.05, 4.69) is 10.3 Å². The maximum absolute atomic E-state index is 12.2. The number of rotatable bonds is 5. The molecule has 1 aromatic rings. The number of nitrogens with two attached hydrogens (primary N) is 1. The van der Waals surface area contributed by atoms with Crippen molar-refractivity contribution in [2.75, 3.05) is 17.7 Å². The topological polar surface area (TPSA) is 122 Å². The quantitative estimate of drug-likeness (QED) is 0.761. The fraction of sp³-hybridized carbons (Fsp3) is 0.611. The van der Waals surface area contributed by atoms with Gasteiger partial charge in [0.15, 0.2) is 9.84 Å². The van der Waals surface area contributed by atoms with E-state index in [0.29, 0.717) is 25.2 Å². The van der Waals surface area contributed by atoms with Gasteiger partial charge in [-0.25, -0.2) is 13.4 Å². The van der Waals surface area contributed by atoms with Crippen LogP contribution in [0.2, 0.25) is 0 Å². The maximum atomic E-state index is 12.2. The van der Waals surface area contributed by atoms with Gasteiger partial charge in [0.05, 0.1) is 4.90 Å². The Balaban J connectivity index is 2.10. The summed E-state index contributed by atoms with van der Waals surface area (Å²) in [6.45, 7) is 6.29. The second-order valence-corrected chi connectivity index (χ2v) is 10.1. The van der Waals surface area contributed by atoms with Crippen molar-refractivity contribution in [3.05, 3.63) is 18.3 Å². The van der Waals surface area contributed by atoms with Crippen LogP contribution in [0.3, 0.4) is 0 Å². The number of amides is 2. The number of hydrogen-bond donors (Lipinski definition) is 2. The minimum Gasteiger partial charge on any atom is -0.368 e. The van der Waals surface area contributed by atoms with Crippen LogP contribution in [0, 0.1) is 5.92 Å². The van der Waals surface area contributed by atoms with Gasteiger partial charge < -0.3 is 16.0 Å². The van der Waals surface area contributed by atoms with Crippen LogP contribution in [0.25, 0.3) is 0 Å². The number of aromatic nitrogens is 1. The molecule has 2 rings (SSSR count). The van der Waals surface area contributed by atoms with Crippen molar-refractivity contribution in [1.82, 2.24) is 10.3 Å². The number of anilines is 1. The fourth-order valence-electron chi connectivity index (χ4n) is 3.26. The van der Waals surface area contributed by atoms with Gasteiger partial charge in [0, 0.05) is 31.0 Å². The lowest BCUT2D eigenvalue weighted by Crippen LogP contribution is -2.51. The predicted octanol–water partition coefficient (Wildman–Crippen LogP) is 0.860. The van der Waals surface area contributed by atoms with E-state index in [1.807, 2.05) is 20.8 Å². The Bertz CT molecular complexity index is 800. The van der Waals surface area contributed by atoms with E-state index < -0.39 is 21.8 Å². The molecule has 27 heavy (non-hydrogen) atoms. The summed E-state index contributed by atoms with van der Waals surface area (Å²) in [5.74, 6) is 0.0323. The van der Waals surface area contributed by atoms with Crippen LogP contribution in [0.4, 0.5) is 5.82 Å². The Morgan fingerprint density at radius 2 is 2.00 bits per heavy atom. The first-order valence-corrected chi connectivity index (χ1v) is 10.8. The van der Waals surface area contributed by atoms with E-state index in [9.17, 15) is 18.0 Å². The zero-order chi connectivity index (χ0) is 20.4. The van der Waals surface area contributed by atoms with Crippen LogP contribution in [0.5, 0.6) is 0 Å². The second kappa shape index (κ2) is 7.84. The van der Waals surface area contributed by atoms with Crippen LogP contribution >= 0.6 is 0 Å². The number of hydrogen-bond acceptors (Lipinski definition) is 6. The van der Waals surface area contributed by atoms with E-state index in [1.54, 1.807) is 11.0 Å². The van der Waals surface area contributed by atoms with Crippen molar-refractivity contribution >= 4 is 27.5 Å². The van der Waals surface area contributed by atoms with Crippen LogP contribution < -0.4 is 16.0 Å². The number of nitrogens with zero attached hydrogens (tertiary/aromatic N) is 2. The molecule has 0 aliphatic carbocycles. The molecule has 1 aliphatic rings. The lowest BCUT2D eigenvalue weighted by Gasteiger charge is -2.38. The molecule has 9 heteroatoms. The molecule has 2 unspecified atom stereocenters. The van der Waals surface area contributed by atoms with E-state index >= 15 is 0 Å². The van der Waals surface area contributed by atoms with Crippen LogP contribution in [0.15, 0.2) is 23.2 Å². The average Bonchev–Trinajstić information content (AvgIpc) is 2.52. The Labute approximate surface area is 160 Å². The number of nitrogens with one attached hydrogen (secondary N) is 1. The molecular weight excluding hydrogens is 368 g/mol. The Morgan fingerprint density at radius 1 is 1.33 bits per heavy atom. The first-order chi connectivity index (χ1) is 12.4. The highest BCUT2D eigenvalue weighted by molar-refractivity contribution is 7.90. The van der Waals surface area contributed by atoms with E-state index in [-0.39, 0.29) is 22.3 Å². The van der Waals surface area contributed by atoms with Crippen molar-refractivity contribution in [2.45, 2.75) is 56.5 Å². The molecule has 0 aromatic carbocycles. The third kappa shape index (κ3) is 5.92. The highest BCUT2D eigenvalue weighted by Gasteiger charge is 2.34. The van der Waals surface area contributed by atoms with Crippen LogP contribution in [-0.2, 0) is 19.4 Å². The van der Waals surface area contributed by atoms with Gasteiger partial charge in [0.2, 0.25) is 11.8 Å². The zero-order valence-corrected chi connectivity index (χ0v) is 17.0. The SMILES string of the molecule is CC(C)(C)NC(=O)CC1CCN(c2ccc(S(C)(=O)=O)cn2)C(C(N)=O)C1. The highest BCUT2D eigenvalue weighted by Crippen LogP contribution is 2.29. The molecule has 1 aromatic heterocycles. The summed E-state index contributed by atoms with van der Waals surface area (Å²) < 4.78 is 23.1. The Kier molecular flexibility index (Phi) is 6.14. The van der Waals surface area contributed by atoms with Crippen molar-refractivity contribution < 1.29 is 18.0 Å². The Morgan fingerprint density at radius 3 is 2.48 bits per heavy atom. The minimum atomic E-state index is -3.33. The number of pyridine rings is 1. The molecular formula is C18H28N4O4S. The summed E-state index contributed by atoms with van der Waals surface area (Å²) >= 11 is 0. The standard InChI is InChI=1S/C18H28N4O4S/c1-18(2,3)21-16(23)10-12-7-8-22(14(9-12)17(19)24)15-6-5-13(11-20-15)27(4,25)26/h5-6,11-12,14H,7-10H2,1-4H3,(H2,19,24)(H,21,23). The molecule has 1 saturated heterocycles. The third-order valence-corrected chi connectivity index (χ3v) is 5.57. The molecule has 2 heterocycles. The van der Waals surface area contributed by atoms with Crippen LogP contribution in [0.1, 0.15) is 40.0 Å². The lowest BCUT2D eigenvalue weighted by atomic mass is 9.87. The summed E-state index contributed by atoms with van der Waals surface area (Å²) in [5.41, 5.74) is 5.28. The first-order valence-electron chi connectivity index (χ1n) is 8.90. The molecule has 2 atom stereocenters. The smallest absolute Gasteiger partial charge is 0.240 e. The maximum Gasteiger partial charge on any atom is 0.240 e. The summed E-state index contributed by atoms with van der Waals surface area (Å²) in [7, 11) is -3.33. The van der Waals surface area contributed by atoms with E-state index in [1.165, 1.54) is 12.3 Å². The van der Waals surface area contributed by atoms with Crippen LogP contribution in [-0.4, -0.2) is 49.6 Å². The molecule has 0 bridgehead atoms. The number of carbonyl (C=O) groups is 2. The summed E-state index contributed by atoms with van der Waals surface area (Å²) in [5, 5.41) is 2.94. The zero-order valence-electron chi connectivity index (χ0n) is 16.2. The van der Waals surface area contributed by atoms with Crippen molar-refractivity contribution in [2.24, 2.45) is 11.7 Å². The van der Waals surface area contributed by atoms with E-state index in [0.717, 1.165) is 12.7 Å². The van der Waals surface area contributed by atoms with Crippen molar-refractivity contribution in [3.8, 4) is 0 Å². The fourth-order valence-corrected chi connectivity index (χ4v) is 3.82. The predicted molar refractivity (Wildman–Crippen MR) is 103 cm³/mol. The van der Waals surface area contributed by atoms with Gasteiger partial charge in [-0.2, -0.15) is 0 Å².